The number of aliphatic carboxylic acids is 2. The van der Waals surface area contributed by atoms with Gasteiger partial charge < -0.3 is 19.3 Å². The van der Waals surface area contributed by atoms with Gasteiger partial charge in [0.15, 0.2) is 0 Å². The fraction of sp³-hybridized carbons (Fsp3) is 0.667. The summed E-state index contributed by atoms with van der Waals surface area (Å²) in [7, 11) is -3.66. The number of carbonyl (C=O) groups is 2. The summed E-state index contributed by atoms with van der Waals surface area (Å²) in [5.74, 6) is -3.32. The Morgan fingerprint density at radius 3 is 1.75 bits per heavy atom. The predicted octanol–water partition coefficient (Wildman–Crippen LogP) is 2.37. The number of hydrogen-bond donors (Lipinski definition) is 2. The topological polar surface area (TPSA) is 110 Å². The smallest absolute Gasteiger partial charge is 0.335 e. The lowest BCUT2D eigenvalue weighted by Crippen LogP contribution is -2.19. The lowest BCUT2D eigenvalue weighted by Gasteiger charge is -2.19. The van der Waals surface area contributed by atoms with Gasteiger partial charge in [0, 0.05) is 0 Å². The van der Waals surface area contributed by atoms with E-state index in [-0.39, 0.29) is 18.8 Å². The van der Waals surface area contributed by atoms with Crippen LogP contribution in [0, 0.1) is 5.92 Å². The van der Waals surface area contributed by atoms with Gasteiger partial charge in [-0.1, -0.05) is 13.8 Å². The summed E-state index contributed by atoms with van der Waals surface area (Å²) in [6.07, 6.45) is -0.566. The van der Waals surface area contributed by atoms with Crippen molar-refractivity contribution >= 4 is 19.5 Å². The van der Waals surface area contributed by atoms with E-state index in [2.05, 4.69) is 0 Å². The maximum atomic E-state index is 12.3. The van der Waals surface area contributed by atoms with Crippen LogP contribution in [0.1, 0.15) is 27.7 Å². The van der Waals surface area contributed by atoms with E-state index in [4.69, 9.17) is 14.2 Å². The van der Waals surface area contributed by atoms with Gasteiger partial charge in [0.25, 0.3) is 0 Å². The summed E-state index contributed by atoms with van der Waals surface area (Å²) >= 11 is 0. The van der Waals surface area contributed by atoms with Crippen molar-refractivity contribution in [3.05, 3.63) is 11.1 Å². The minimum absolute atomic E-state index is 0.0776. The molecule has 0 aromatic carbocycles. The van der Waals surface area contributed by atoms with E-state index in [0.29, 0.717) is 0 Å². The van der Waals surface area contributed by atoms with Gasteiger partial charge in [0.05, 0.1) is 30.5 Å². The Hall–Kier alpha value is -1.17. The van der Waals surface area contributed by atoms with Gasteiger partial charge in [-0.25, -0.2) is 9.59 Å². The average molecular weight is 308 g/mol. The highest BCUT2D eigenvalue weighted by atomic mass is 31.2. The summed E-state index contributed by atoms with van der Waals surface area (Å²) < 4.78 is 22.3. The Balaban J connectivity index is 5.71. The van der Waals surface area contributed by atoms with Crippen molar-refractivity contribution in [3.8, 4) is 0 Å². The lowest BCUT2D eigenvalue weighted by molar-refractivity contribution is -0.136. The summed E-state index contributed by atoms with van der Waals surface area (Å²) in [6, 6.07) is 0. The molecule has 0 aromatic rings. The molecule has 0 aliphatic rings. The average Bonchev–Trinajstić information content (AvgIpc) is 2.27. The van der Waals surface area contributed by atoms with Crippen molar-refractivity contribution < 1.29 is 33.4 Å². The summed E-state index contributed by atoms with van der Waals surface area (Å²) in [5.41, 5.74) is -0.741. The maximum absolute atomic E-state index is 12.3. The molecule has 7 nitrogen and oxygen atoms in total. The fourth-order valence-electron chi connectivity index (χ4n) is 1.71. The van der Waals surface area contributed by atoms with Crippen molar-refractivity contribution in [1.82, 2.24) is 0 Å². The third-order valence-corrected chi connectivity index (χ3v) is 4.40. The Bertz CT molecular complexity index is 429. The molecule has 0 amide bonds. The first-order valence-electron chi connectivity index (χ1n) is 6.26. The SMILES string of the molecule is CCOP(=O)(CC(C(=O)O)=C(C(=O)O)C(C)C)OCC. The van der Waals surface area contributed by atoms with Gasteiger partial charge in [0.1, 0.15) is 0 Å². The third-order valence-electron chi connectivity index (χ3n) is 2.39. The largest absolute Gasteiger partial charge is 0.478 e. The standard InChI is InChI=1S/C12H21O7P/c1-5-18-20(17,19-6-2)7-9(11(13)14)10(8(3)4)12(15)16/h8H,5-7H2,1-4H3,(H,13,14)(H,15,16). The maximum Gasteiger partial charge on any atom is 0.335 e. The predicted molar refractivity (Wildman–Crippen MR) is 72.9 cm³/mol. The molecule has 116 valence electrons. The highest BCUT2D eigenvalue weighted by Crippen LogP contribution is 2.50. The highest BCUT2D eigenvalue weighted by molar-refractivity contribution is 7.54. The van der Waals surface area contributed by atoms with Crippen LogP contribution in [0.5, 0.6) is 0 Å². The van der Waals surface area contributed by atoms with Gasteiger partial charge in [-0.2, -0.15) is 0 Å². The molecular formula is C12H21O7P. The molecule has 0 unspecified atom stereocenters. The molecule has 0 atom stereocenters. The van der Waals surface area contributed by atoms with Crippen molar-refractivity contribution in [2.75, 3.05) is 19.4 Å². The summed E-state index contributed by atoms with van der Waals surface area (Å²) in [4.78, 5) is 22.5. The van der Waals surface area contributed by atoms with Crippen LogP contribution in [0.15, 0.2) is 11.1 Å². The molecule has 2 N–H and O–H groups in total. The monoisotopic (exact) mass is 308 g/mol. The lowest BCUT2D eigenvalue weighted by atomic mass is 9.98. The number of carboxylic acids is 2. The first-order valence-corrected chi connectivity index (χ1v) is 7.99. The van der Waals surface area contributed by atoms with Crippen molar-refractivity contribution in [3.63, 3.8) is 0 Å². The Morgan fingerprint density at radius 1 is 1.05 bits per heavy atom. The number of hydrogen-bond acceptors (Lipinski definition) is 5. The van der Waals surface area contributed by atoms with Crippen LogP contribution < -0.4 is 0 Å². The fourth-order valence-corrected chi connectivity index (χ4v) is 3.44. The van der Waals surface area contributed by atoms with E-state index in [9.17, 15) is 19.3 Å². The van der Waals surface area contributed by atoms with Crippen LogP contribution in [-0.4, -0.2) is 41.5 Å². The Labute approximate surface area is 118 Å². The second-order valence-electron chi connectivity index (χ2n) is 4.26. The van der Waals surface area contributed by atoms with Crippen molar-refractivity contribution in [2.24, 2.45) is 5.92 Å². The zero-order chi connectivity index (χ0) is 15.9. The van der Waals surface area contributed by atoms with E-state index in [0.717, 1.165) is 0 Å². The molecule has 0 aromatic heterocycles. The van der Waals surface area contributed by atoms with Gasteiger partial charge in [-0.3, -0.25) is 4.57 Å². The van der Waals surface area contributed by atoms with E-state index >= 15 is 0 Å². The second-order valence-corrected chi connectivity index (χ2v) is 6.32. The van der Waals surface area contributed by atoms with Crippen molar-refractivity contribution in [2.45, 2.75) is 27.7 Å². The van der Waals surface area contributed by atoms with Gasteiger partial charge in [-0.15, -0.1) is 0 Å². The first kappa shape index (κ1) is 18.8. The van der Waals surface area contributed by atoms with E-state index in [1.54, 1.807) is 27.7 Å². The highest BCUT2D eigenvalue weighted by Gasteiger charge is 2.32. The van der Waals surface area contributed by atoms with Crippen LogP contribution in [0.25, 0.3) is 0 Å². The molecule has 0 radical (unpaired) electrons. The Kier molecular flexibility index (Phi) is 7.71. The van der Waals surface area contributed by atoms with Crippen LogP contribution in [0.2, 0.25) is 0 Å². The molecule has 0 aliphatic carbocycles. The van der Waals surface area contributed by atoms with Gasteiger partial charge in [-0.05, 0) is 19.8 Å². The van der Waals surface area contributed by atoms with E-state index in [1.165, 1.54) is 0 Å². The van der Waals surface area contributed by atoms with Crippen LogP contribution in [0.4, 0.5) is 0 Å². The summed E-state index contributed by atoms with van der Waals surface area (Å²) in [5, 5.41) is 18.3. The zero-order valence-electron chi connectivity index (χ0n) is 12.1. The molecule has 0 spiro atoms. The number of rotatable bonds is 9. The molecule has 0 bridgehead atoms. The molecular weight excluding hydrogens is 287 g/mol. The van der Waals surface area contributed by atoms with Crippen molar-refractivity contribution in [1.29, 1.82) is 0 Å². The normalized spacial score (nSPS) is 13.2. The molecule has 20 heavy (non-hydrogen) atoms. The molecule has 0 heterocycles. The van der Waals surface area contributed by atoms with Gasteiger partial charge in [0.2, 0.25) is 0 Å². The van der Waals surface area contributed by atoms with Crippen LogP contribution in [0.3, 0.4) is 0 Å². The minimum Gasteiger partial charge on any atom is -0.478 e. The second kappa shape index (κ2) is 8.19. The minimum atomic E-state index is -3.66. The molecule has 8 heteroatoms. The third kappa shape index (κ3) is 5.45. The van der Waals surface area contributed by atoms with Crippen LogP contribution >= 0.6 is 7.60 Å². The van der Waals surface area contributed by atoms with E-state index < -0.39 is 37.2 Å². The quantitative estimate of drug-likeness (QED) is 0.497. The molecule has 0 rings (SSSR count). The van der Waals surface area contributed by atoms with Crippen LogP contribution in [-0.2, 0) is 23.2 Å². The Morgan fingerprint density at radius 2 is 1.50 bits per heavy atom. The number of carboxylic acid groups (broad SMARTS) is 2. The molecule has 0 fully saturated rings. The molecule has 0 aliphatic heterocycles. The van der Waals surface area contributed by atoms with Gasteiger partial charge >= 0.3 is 19.5 Å². The van der Waals surface area contributed by atoms with E-state index in [1.807, 2.05) is 0 Å². The molecule has 0 saturated heterocycles. The molecule has 0 saturated carbocycles. The summed E-state index contributed by atoms with van der Waals surface area (Å²) in [6.45, 7) is 6.45. The first-order chi connectivity index (χ1) is 9.18. The zero-order valence-corrected chi connectivity index (χ0v) is 13.0.